The van der Waals surface area contributed by atoms with Gasteiger partial charge in [0.2, 0.25) is 5.91 Å². The zero-order chi connectivity index (χ0) is 16.1. The van der Waals surface area contributed by atoms with Crippen LogP contribution in [0.4, 0.5) is 0 Å². The van der Waals surface area contributed by atoms with E-state index in [0.717, 1.165) is 51.7 Å². The van der Waals surface area contributed by atoms with Crippen LogP contribution < -0.4 is 0 Å². The Labute approximate surface area is 139 Å². The van der Waals surface area contributed by atoms with Gasteiger partial charge < -0.3 is 10.0 Å². The molecule has 1 amide bonds. The molecule has 4 nitrogen and oxygen atoms in total. The van der Waals surface area contributed by atoms with Crippen molar-refractivity contribution in [2.24, 2.45) is 0 Å². The normalized spacial score (nSPS) is 20.8. The number of aliphatic hydroxyl groups is 1. The van der Waals surface area contributed by atoms with Gasteiger partial charge in [-0.3, -0.25) is 9.69 Å². The number of hydrogen-bond donors (Lipinski definition) is 1. The van der Waals surface area contributed by atoms with Crippen molar-refractivity contribution in [3.63, 3.8) is 0 Å². The molecule has 1 aromatic carbocycles. The molecule has 0 aromatic heterocycles. The van der Waals surface area contributed by atoms with Crippen LogP contribution >= 0.6 is 0 Å². The first-order valence-electron chi connectivity index (χ1n) is 9.00. The Bertz CT molecular complexity index is 526. The van der Waals surface area contributed by atoms with E-state index in [4.69, 9.17) is 0 Å². The van der Waals surface area contributed by atoms with Crippen molar-refractivity contribution in [2.45, 2.75) is 44.6 Å². The van der Waals surface area contributed by atoms with Crippen molar-refractivity contribution < 1.29 is 9.90 Å². The fraction of sp³-hybridized carbons (Fsp3) is 0.632. The number of amides is 1. The molecule has 1 aliphatic carbocycles. The summed E-state index contributed by atoms with van der Waals surface area (Å²) in [6.07, 6.45) is 6.41. The van der Waals surface area contributed by atoms with Crippen molar-refractivity contribution in [2.75, 3.05) is 32.8 Å². The Morgan fingerprint density at radius 2 is 2.00 bits per heavy atom. The van der Waals surface area contributed by atoms with Crippen molar-refractivity contribution in [3.8, 4) is 0 Å². The quantitative estimate of drug-likeness (QED) is 0.876. The number of aliphatic hydroxyl groups excluding tert-OH is 1. The Morgan fingerprint density at radius 3 is 2.78 bits per heavy atom. The number of hydrogen-bond acceptors (Lipinski definition) is 3. The van der Waals surface area contributed by atoms with Gasteiger partial charge in [0.15, 0.2) is 0 Å². The molecule has 23 heavy (non-hydrogen) atoms. The van der Waals surface area contributed by atoms with E-state index in [1.54, 1.807) is 0 Å². The second-order valence-corrected chi connectivity index (χ2v) is 6.74. The first kappa shape index (κ1) is 16.5. The molecule has 1 N–H and O–H groups in total. The lowest BCUT2D eigenvalue weighted by Gasteiger charge is -2.33. The van der Waals surface area contributed by atoms with Crippen LogP contribution in [0, 0.1) is 0 Å². The summed E-state index contributed by atoms with van der Waals surface area (Å²) in [6, 6.07) is 8.91. The fourth-order valence-corrected chi connectivity index (χ4v) is 3.95. The van der Waals surface area contributed by atoms with E-state index < -0.39 is 0 Å². The Kier molecular flexibility index (Phi) is 5.68. The molecule has 3 rings (SSSR count). The highest BCUT2D eigenvalue weighted by Gasteiger charge is 2.29. The zero-order valence-electron chi connectivity index (χ0n) is 13.9. The lowest BCUT2D eigenvalue weighted by atomic mass is 10.1. The Balaban J connectivity index is 1.69. The summed E-state index contributed by atoms with van der Waals surface area (Å²) in [5, 5.41) is 9.21. The van der Waals surface area contributed by atoms with Crippen molar-refractivity contribution >= 4 is 5.91 Å². The summed E-state index contributed by atoms with van der Waals surface area (Å²) in [5.41, 5.74) is 2.79. The molecule has 1 fully saturated rings. The third-order valence-electron chi connectivity index (χ3n) is 5.19. The second-order valence-electron chi connectivity index (χ2n) is 6.74. The molecule has 126 valence electrons. The molecule has 1 aliphatic heterocycles. The third-order valence-corrected chi connectivity index (χ3v) is 5.19. The zero-order valence-corrected chi connectivity index (χ0v) is 13.9. The number of nitrogens with zero attached hydrogens (tertiary/aromatic N) is 2. The number of carbonyl (C=O) groups excluding carboxylic acids is 1. The summed E-state index contributed by atoms with van der Waals surface area (Å²) < 4.78 is 0. The summed E-state index contributed by atoms with van der Waals surface area (Å²) in [4.78, 5) is 17.0. The standard InChI is InChI=1S/C19H28N2O2/c22-14-6-13-21(15-19(23)20-11-4-1-5-12-20)18-10-9-16-7-2-3-8-17(16)18/h2-3,7-8,18,22H,1,4-6,9-15H2. The monoisotopic (exact) mass is 316 g/mol. The predicted molar refractivity (Wildman–Crippen MR) is 91.2 cm³/mol. The van der Waals surface area contributed by atoms with Gasteiger partial charge in [-0.15, -0.1) is 0 Å². The van der Waals surface area contributed by atoms with Gasteiger partial charge in [0.25, 0.3) is 0 Å². The molecule has 0 bridgehead atoms. The Hall–Kier alpha value is -1.39. The smallest absolute Gasteiger partial charge is 0.236 e. The minimum atomic E-state index is 0.183. The first-order valence-corrected chi connectivity index (χ1v) is 9.00. The summed E-state index contributed by atoms with van der Waals surface area (Å²) in [6.45, 7) is 3.28. The first-order chi connectivity index (χ1) is 11.3. The van der Waals surface area contributed by atoms with Crippen molar-refractivity contribution in [1.82, 2.24) is 9.80 Å². The van der Waals surface area contributed by atoms with Gasteiger partial charge in [-0.2, -0.15) is 0 Å². The fourth-order valence-electron chi connectivity index (χ4n) is 3.95. The van der Waals surface area contributed by atoms with Gasteiger partial charge in [-0.1, -0.05) is 24.3 Å². The summed E-state index contributed by atoms with van der Waals surface area (Å²) in [5.74, 6) is 0.257. The lowest BCUT2D eigenvalue weighted by molar-refractivity contribution is -0.134. The van der Waals surface area contributed by atoms with E-state index in [2.05, 4.69) is 29.2 Å². The molecule has 0 spiro atoms. The van der Waals surface area contributed by atoms with Crippen LogP contribution in [0.2, 0.25) is 0 Å². The van der Waals surface area contributed by atoms with Gasteiger partial charge in [-0.25, -0.2) is 0 Å². The van der Waals surface area contributed by atoms with Crippen LogP contribution in [0.25, 0.3) is 0 Å². The number of carbonyl (C=O) groups is 1. The minimum Gasteiger partial charge on any atom is -0.396 e. The SMILES string of the molecule is O=C(CN(CCCO)C1CCc2ccccc21)N1CCCCC1. The molecule has 0 radical (unpaired) electrons. The summed E-state index contributed by atoms with van der Waals surface area (Å²) in [7, 11) is 0. The van der Waals surface area contributed by atoms with E-state index >= 15 is 0 Å². The van der Waals surface area contributed by atoms with Crippen LogP contribution in [0.5, 0.6) is 0 Å². The number of likely N-dealkylation sites (tertiary alicyclic amines) is 1. The summed E-state index contributed by atoms with van der Waals surface area (Å²) >= 11 is 0. The number of benzene rings is 1. The molecule has 0 saturated carbocycles. The van der Waals surface area contributed by atoms with E-state index in [0.29, 0.717) is 12.6 Å². The van der Waals surface area contributed by atoms with E-state index in [9.17, 15) is 9.90 Å². The lowest BCUT2D eigenvalue weighted by Crippen LogP contribution is -2.44. The Morgan fingerprint density at radius 1 is 1.22 bits per heavy atom. The highest BCUT2D eigenvalue weighted by molar-refractivity contribution is 5.78. The maximum Gasteiger partial charge on any atom is 0.236 e. The largest absolute Gasteiger partial charge is 0.396 e. The van der Waals surface area contributed by atoms with Crippen LogP contribution in [-0.4, -0.2) is 53.6 Å². The molecule has 1 heterocycles. The minimum absolute atomic E-state index is 0.183. The van der Waals surface area contributed by atoms with E-state index in [1.165, 1.54) is 17.5 Å². The number of aryl methyl sites for hydroxylation is 1. The van der Waals surface area contributed by atoms with E-state index in [-0.39, 0.29) is 12.5 Å². The van der Waals surface area contributed by atoms with Gasteiger partial charge >= 0.3 is 0 Å². The highest BCUT2D eigenvalue weighted by atomic mass is 16.3. The van der Waals surface area contributed by atoms with Crippen LogP contribution in [0.15, 0.2) is 24.3 Å². The molecular weight excluding hydrogens is 288 g/mol. The average Bonchev–Trinajstić information content (AvgIpc) is 3.03. The molecule has 1 unspecified atom stereocenters. The molecule has 1 atom stereocenters. The molecule has 1 saturated heterocycles. The molecular formula is C19H28N2O2. The number of piperidine rings is 1. The van der Waals surface area contributed by atoms with E-state index in [1.807, 2.05) is 4.90 Å². The maximum absolute atomic E-state index is 12.7. The van der Waals surface area contributed by atoms with Crippen LogP contribution in [0.1, 0.15) is 49.3 Å². The topological polar surface area (TPSA) is 43.8 Å². The molecule has 4 heteroatoms. The predicted octanol–water partition coefficient (Wildman–Crippen LogP) is 2.37. The molecule has 2 aliphatic rings. The number of fused-ring (bicyclic) bond motifs is 1. The van der Waals surface area contributed by atoms with Crippen LogP contribution in [-0.2, 0) is 11.2 Å². The third kappa shape index (κ3) is 3.93. The van der Waals surface area contributed by atoms with Crippen molar-refractivity contribution in [1.29, 1.82) is 0 Å². The van der Waals surface area contributed by atoms with Crippen molar-refractivity contribution in [3.05, 3.63) is 35.4 Å². The second kappa shape index (κ2) is 7.93. The van der Waals surface area contributed by atoms with Gasteiger partial charge in [0, 0.05) is 32.3 Å². The van der Waals surface area contributed by atoms with Crippen LogP contribution in [0.3, 0.4) is 0 Å². The number of rotatable bonds is 6. The molecule has 1 aromatic rings. The van der Waals surface area contributed by atoms with Gasteiger partial charge in [0.05, 0.1) is 6.54 Å². The highest BCUT2D eigenvalue weighted by Crippen LogP contribution is 2.35. The van der Waals surface area contributed by atoms with Gasteiger partial charge in [-0.05, 0) is 49.7 Å². The maximum atomic E-state index is 12.7. The van der Waals surface area contributed by atoms with Gasteiger partial charge in [0.1, 0.15) is 0 Å². The average molecular weight is 316 g/mol.